The third kappa shape index (κ3) is 5.83. The molecule has 0 aliphatic carbocycles. The SMILES string of the molecule is Cc1ncccc1NC(=O)c1ccc2onc(-c3coc(-c4ccc(F)cc4)n3)c2c1.O=C(O)C(F)(F)F. The predicted octanol–water partition coefficient (Wildman–Crippen LogP) is 5.88. The normalized spacial score (nSPS) is 11.1. The Labute approximate surface area is 210 Å². The Morgan fingerprint density at radius 2 is 1.76 bits per heavy atom. The molecule has 13 heteroatoms. The van der Waals surface area contributed by atoms with Gasteiger partial charge in [-0.25, -0.2) is 14.2 Å². The molecule has 0 spiro atoms. The monoisotopic (exact) mass is 528 g/mol. The molecule has 1 amide bonds. The number of anilines is 1. The van der Waals surface area contributed by atoms with Crippen molar-refractivity contribution >= 4 is 28.5 Å². The fourth-order valence-corrected chi connectivity index (χ4v) is 3.18. The first-order valence-electron chi connectivity index (χ1n) is 10.7. The number of amides is 1. The van der Waals surface area contributed by atoms with Gasteiger partial charge < -0.3 is 19.4 Å². The number of nitrogens with zero attached hydrogens (tertiary/aromatic N) is 3. The number of hydrogen-bond donors (Lipinski definition) is 2. The molecule has 194 valence electrons. The number of benzene rings is 2. The summed E-state index contributed by atoms with van der Waals surface area (Å²) in [5.74, 6) is -3.05. The van der Waals surface area contributed by atoms with E-state index in [2.05, 4.69) is 20.4 Å². The number of carbonyl (C=O) groups excluding carboxylic acids is 1. The van der Waals surface area contributed by atoms with E-state index in [1.807, 2.05) is 6.92 Å². The maximum absolute atomic E-state index is 13.2. The first-order chi connectivity index (χ1) is 18.0. The smallest absolute Gasteiger partial charge is 0.475 e. The molecule has 0 unspecified atom stereocenters. The molecule has 3 aromatic heterocycles. The summed E-state index contributed by atoms with van der Waals surface area (Å²) in [6.45, 7) is 1.82. The van der Waals surface area contributed by atoms with Crippen molar-refractivity contribution in [3.8, 4) is 22.8 Å². The van der Waals surface area contributed by atoms with Crippen LogP contribution in [-0.4, -0.2) is 38.3 Å². The van der Waals surface area contributed by atoms with Gasteiger partial charge in [0.25, 0.3) is 5.91 Å². The van der Waals surface area contributed by atoms with Gasteiger partial charge in [-0.2, -0.15) is 13.2 Å². The van der Waals surface area contributed by atoms with Crippen molar-refractivity contribution in [2.24, 2.45) is 0 Å². The number of carbonyl (C=O) groups is 2. The van der Waals surface area contributed by atoms with Crippen LogP contribution in [0.15, 0.2) is 76.0 Å². The number of pyridine rings is 1. The minimum Gasteiger partial charge on any atom is -0.475 e. The van der Waals surface area contributed by atoms with Crippen molar-refractivity contribution in [2.45, 2.75) is 13.1 Å². The summed E-state index contributed by atoms with van der Waals surface area (Å²) in [5, 5.41) is 14.7. The van der Waals surface area contributed by atoms with Gasteiger partial charge in [-0.1, -0.05) is 5.16 Å². The van der Waals surface area contributed by atoms with E-state index < -0.39 is 12.1 Å². The van der Waals surface area contributed by atoms with E-state index in [1.165, 1.54) is 18.4 Å². The molecule has 0 fully saturated rings. The number of nitrogens with one attached hydrogen (secondary N) is 1. The van der Waals surface area contributed by atoms with E-state index in [0.29, 0.717) is 45.1 Å². The molecule has 9 nitrogen and oxygen atoms in total. The van der Waals surface area contributed by atoms with Crippen LogP contribution in [0.2, 0.25) is 0 Å². The third-order valence-electron chi connectivity index (χ3n) is 5.07. The van der Waals surface area contributed by atoms with Crippen LogP contribution in [0.5, 0.6) is 0 Å². The zero-order chi connectivity index (χ0) is 27.4. The lowest BCUT2D eigenvalue weighted by Gasteiger charge is -2.07. The second-order valence-electron chi connectivity index (χ2n) is 7.68. The van der Waals surface area contributed by atoms with Crippen LogP contribution >= 0.6 is 0 Å². The lowest BCUT2D eigenvalue weighted by Crippen LogP contribution is -2.21. The molecule has 0 saturated carbocycles. The second-order valence-corrected chi connectivity index (χ2v) is 7.68. The number of aromatic nitrogens is 3. The van der Waals surface area contributed by atoms with E-state index in [4.69, 9.17) is 18.8 Å². The number of carboxylic acids is 1. The van der Waals surface area contributed by atoms with Crippen LogP contribution in [0.3, 0.4) is 0 Å². The molecule has 38 heavy (non-hydrogen) atoms. The molecule has 0 atom stereocenters. The van der Waals surface area contributed by atoms with Gasteiger partial charge in [0.05, 0.1) is 16.8 Å². The van der Waals surface area contributed by atoms with Gasteiger partial charge in [-0.05, 0) is 61.5 Å². The zero-order valence-corrected chi connectivity index (χ0v) is 19.3. The van der Waals surface area contributed by atoms with Gasteiger partial charge >= 0.3 is 12.1 Å². The number of hydrogen-bond acceptors (Lipinski definition) is 7. The maximum Gasteiger partial charge on any atom is 0.490 e. The molecule has 5 rings (SSSR count). The topological polar surface area (TPSA) is 131 Å². The summed E-state index contributed by atoms with van der Waals surface area (Å²) >= 11 is 0. The Balaban J connectivity index is 0.000000426. The molecule has 2 aromatic carbocycles. The fraction of sp³-hybridized carbons (Fsp3) is 0.0800. The van der Waals surface area contributed by atoms with Gasteiger partial charge in [-0.15, -0.1) is 0 Å². The van der Waals surface area contributed by atoms with E-state index in [9.17, 15) is 22.4 Å². The van der Waals surface area contributed by atoms with E-state index >= 15 is 0 Å². The molecule has 3 heterocycles. The standard InChI is InChI=1S/C23H15FN4O3.C2HF3O2/c1-13-18(3-2-10-25-13)26-22(29)15-6-9-20-17(11-15)21(28-31-20)19-12-30-23(27-19)14-4-7-16(24)8-5-14;3-2(4,5)1(6)7/h2-12H,1H3,(H,26,29);(H,6,7). The molecule has 0 aliphatic heterocycles. The fourth-order valence-electron chi connectivity index (χ4n) is 3.18. The van der Waals surface area contributed by atoms with Crippen LogP contribution in [-0.2, 0) is 4.79 Å². The van der Waals surface area contributed by atoms with E-state index in [-0.39, 0.29) is 11.7 Å². The van der Waals surface area contributed by atoms with Crippen LogP contribution in [0.4, 0.5) is 23.2 Å². The molecule has 0 radical (unpaired) electrons. The Morgan fingerprint density at radius 1 is 1.05 bits per heavy atom. The van der Waals surface area contributed by atoms with Gasteiger partial charge in [0.1, 0.15) is 23.5 Å². The number of oxazole rings is 1. The minimum atomic E-state index is -5.08. The van der Waals surface area contributed by atoms with Crippen molar-refractivity contribution in [3.63, 3.8) is 0 Å². The Bertz CT molecular complexity index is 1610. The van der Waals surface area contributed by atoms with Crippen molar-refractivity contribution in [2.75, 3.05) is 5.32 Å². The highest BCUT2D eigenvalue weighted by molar-refractivity contribution is 6.07. The van der Waals surface area contributed by atoms with Crippen LogP contribution < -0.4 is 5.32 Å². The van der Waals surface area contributed by atoms with Crippen LogP contribution in [0, 0.1) is 12.7 Å². The summed E-state index contributed by atoms with van der Waals surface area (Å²) < 4.78 is 55.8. The molecule has 0 aliphatic rings. The van der Waals surface area contributed by atoms with Crippen LogP contribution in [0.1, 0.15) is 16.1 Å². The maximum atomic E-state index is 13.2. The molecule has 0 saturated heterocycles. The number of halogens is 4. The van der Waals surface area contributed by atoms with Gasteiger partial charge in [0, 0.05) is 17.3 Å². The number of alkyl halides is 3. The average molecular weight is 528 g/mol. The first kappa shape index (κ1) is 26.0. The number of fused-ring (bicyclic) bond motifs is 1. The van der Waals surface area contributed by atoms with E-state index in [0.717, 1.165) is 5.69 Å². The highest BCUT2D eigenvalue weighted by atomic mass is 19.4. The quantitative estimate of drug-likeness (QED) is 0.277. The molecule has 0 bridgehead atoms. The summed E-state index contributed by atoms with van der Waals surface area (Å²) in [4.78, 5) is 30.2. The van der Waals surface area contributed by atoms with Crippen molar-refractivity contribution in [1.29, 1.82) is 0 Å². The molecular weight excluding hydrogens is 512 g/mol. The Morgan fingerprint density at radius 3 is 2.42 bits per heavy atom. The highest BCUT2D eigenvalue weighted by Crippen LogP contribution is 2.30. The highest BCUT2D eigenvalue weighted by Gasteiger charge is 2.38. The second kappa shape index (κ2) is 10.5. The third-order valence-corrected chi connectivity index (χ3v) is 5.07. The number of aliphatic carboxylic acids is 1. The first-order valence-corrected chi connectivity index (χ1v) is 10.7. The lowest BCUT2D eigenvalue weighted by molar-refractivity contribution is -0.192. The Kier molecular flexibility index (Phi) is 7.19. The predicted molar refractivity (Wildman–Crippen MR) is 126 cm³/mol. The van der Waals surface area contributed by atoms with Crippen molar-refractivity contribution < 1.29 is 41.2 Å². The molecule has 2 N–H and O–H groups in total. The average Bonchev–Trinajstić information content (AvgIpc) is 3.52. The number of carboxylic acid groups (broad SMARTS) is 1. The molecular formula is C25H16F4N4O5. The summed E-state index contributed by atoms with van der Waals surface area (Å²) in [6.07, 6.45) is -1.97. The van der Waals surface area contributed by atoms with E-state index in [1.54, 1.807) is 48.7 Å². The molecule has 5 aromatic rings. The Hall–Kier alpha value is -5.07. The van der Waals surface area contributed by atoms with Crippen molar-refractivity contribution in [3.05, 3.63) is 84.1 Å². The van der Waals surface area contributed by atoms with Crippen molar-refractivity contribution in [1.82, 2.24) is 15.1 Å². The number of rotatable bonds is 4. The van der Waals surface area contributed by atoms with Crippen LogP contribution in [0.25, 0.3) is 33.8 Å². The zero-order valence-electron chi connectivity index (χ0n) is 19.3. The largest absolute Gasteiger partial charge is 0.490 e. The van der Waals surface area contributed by atoms with Gasteiger partial charge in [-0.3, -0.25) is 9.78 Å². The summed E-state index contributed by atoms with van der Waals surface area (Å²) in [7, 11) is 0. The van der Waals surface area contributed by atoms with Gasteiger partial charge in [0.2, 0.25) is 5.89 Å². The number of aryl methyl sites for hydroxylation is 1. The summed E-state index contributed by atoms with van der Waals surface area (Å²) in [6, 6.07) is 14.4. The van der Waals surface area contributed by atoms with Gasteiger partial charge in [0.15, 0.2) is 5.58 Å². The summed E-state index contributed by atoms with van der Waals surface area (Å²) in [5.41, 5.74) is 3.82. The minimum absolute atomic E-state index is 0.280. The lowest BCUT2D eigenvalue weighted by atomic mass is 10.1.